The lowest BCUT2D eigenvalue weighted by Gasteiger charge is -2.33. The molecule has 0 saturated heterocycles. The maximum Gasteiger partial charge on any atom is 0.309 e. The number of rotatable bonds is 9. The average Bonchev–Trinajstić information content (AvgIpc) is 3.09. The molecule has 2 rings (SSSR count). The van der Waals surface area contributed by atoms with Crippen LogP contribution in [-0.4, -0.2) is 43.4 Å². The second-order valence-electron chi connectivity index (χ2n) is 11.8. The van der Waals surface area contributed by atoms with Gasteiger partial charge in [0.15, 0.2) is 0 Å². The number of imidazole rings is 1. The van der Waals surface area contributed by atoms with Crippen LogP contribution >= 0.6 is 0 Å². The van der Waals surface area contributed by atoms with Gasteiger partial charge in [-0.05, 0) is 87.0 Å². The van der Waals surface area contributed by atoms with Crippen molar-refractivity contribution in [2.75, 3.05) is 0 Å². The van der Waals surface area contributed by atoms with E-state index in [1.165, 1.54) is 0 Å². The van der Waals surface area contributed by atoms with Gasteiger partial charge in [0.05, 0.1) is 23.5 Å². The first-order valence-electron chi connectivity index (χ1n) is 12.3. The molecule has 1 saturated carbocycles. The van der Waals surface area contributed by atoms with Gasteiger partial charge in [-0.1, -0.05) is 6.42 Å². The molecule has 0 radical (unpaired) electrons. The third-order valence-corrected chi connectivity index (χ3v) is 5.91. The van der Waals surface area contributed by atoms with Gasteiger partial charge in [-0.25, -0.2) is 4.98 Å². The highest BCUT2D eigenvalue weighted by molar-refractivity contribution is 5.73. The molecule has 1 atom stereocenters. The van der Waals surface area contributed by atoms with Gasteiger partial charge >= 0.3 is 11.9 Å². The third kappa shape index (κ3) is 10.3. The molecule has 1 unspecified atom stereocenters. The van der Waals surface area contributed by atoms with Gasteiger partial charge < -0.3 is 19.1 Å². The molecule has 7 nitrogen and oxygen atoms in total. The van der Waals surface area contributed by atoms with Crippen molar-refractivity contribution in [2.45, 2.75) is 129 Å². The Bertz CT molecular complexity index is 775. The van der Waals surface area contributed by atoms with E-state index in [-0.39, 0.29) is 17.9 Å². The van der Waals surface area contributed by atoms with Crippen molar-refractivity contribution in [3.05, 3.63) is 18.2 Å². The Labute approximate surface area is 199 Å². The summed E-state index contributed by atoms with van der Waals surface area (Å²) in [5.41, 5.74) is -0.732. The molecule has 0 amide bonds. The van der Waals surface area contributed by atoms with Crippen molar-refractivity contribution >= 4 is 11.9 Å². The summed E-state index contributed by atoms with van der Waals surface area (Å²) in [6.07, 6.45) is 10.2. The van der Waals surface area contributed by atoms with E-state index in [9.17, 15) is 14.7 Å². The Morgan fingerprint density at radius 3 is 2.30 bits per heavy atom. The van der Waals surface area contributed by atoms with Crippen LogP contribution in [0.3, 0.4) is 0 Å². The van der Waals surface area contributed by atoms with Crippen LogP contribution in [0.5, 0.6) is 0 Å². The van der Waals surface area contributed by atoms with Crippen LogP contribution in [0.1, 0.15) is 112 Å². The average molecular weight is 465 g/mol. The van der Waals surface area contributed by atoms with Crippen molar-refractivity contribution in [2.24, 2.45) is 5.92 Å². The van der Waals surface area contributed by atoms with Gasteiger partial charge in [-0.15, -0.1) is 0 Å². The molecule has 1 aliphatic rings. The standard InChI is InChI=1S/C26H44N2O5/c1-24(2,3)32-22(29)11-9-8-10-19(23(30)33-25(4,5)6)16-20-17-28(18-27-20)21-12-14-26(7,31)15-13-21/h17-19,21,31H,8-16H2,1-7H3. The lowest BCUT2D eigenvalue weighted by atomic mass is 9.83. The summed E-state index contributed by atoms with van der Waals surface area (Å²) in [7, 11) is 0. The maximum atomic E-state index is 12.9. The zero-order chi connectivity index (χ0) is 24.9. The van der Waals surface area contributed by atoms with Crippen LogP contribution in [0, 0.1) is 5.92 Å². The topological polar surface area (TPSA) is 90.6 Å². The van der Waals surface area contributed by atoms with Crippen LogP contribution < -0.4 is 0 Å². The van der Waals surface area contributed by atoms with Gasteiger partial charge in [0, 0.05) is 25.1 Å². The highest BCUT2D eigenvalue weighted by Crippen LogP contribution is 2.34. The van der Waals surface area contributed by atoms with Gasteiger partial charge in [0.1, 0.15) is 11.2 Å². The fourth-order valence-corrected chi connectivity index (χ4v) is 4.20. The van der Waals surface area contributed by atoms with E-state index in [0.717, 1.165) is 37.8 Å². The number of nitrogens with zero attached hydrogens (tertiary/aromatic N) is 2. The van der Waals surface area contributed by atoms with Crippen molar-refractivity contribution in [3.63, 3.8) is 0 Å². The van der Waals surface area contributed by atoms with E-state index < -0.39 is 16.8 Å². The molecule has 1 aromatic rings. The van der Waals surface area contributed by atoms with E-state index in [1.54, 1.807) is 0 Å². The van der Waals surface area contributed by atoms with Crippen LogP contribution in [-0.2, 0) is 25.5 Å². The Hall–Kier alpha value is -1.89. The van der Waals surface area contributed by atoms with E-state index in [2.05, 4.69) is 9.55 Å². The summed E-state index contributed by atoms with van der Waals surface area (Å²) >= 11 is 0. The Morgan fingerprint density at radius 1 is 1.12 bits per heavy atom. The van der Waals surface area contributed by atoms with Gasteiger partial charge in [0.2, 0.25) is 0 Å². The third-order valence-electron chi connectivity index (χ3n) is 5.91. The first-order valence-corrected chi connectivity index (χ1v) is 12.3. The predicted molar refractivity (Wildman–Crippen MR) is 128 cm³/mol. The zero-order valence-electron chi connectivity index (χ0n) is 21.6. The highest BCUT2D eigenvalue weighted by atomic mass is 16.6. The summed E-state index contributed by atoms with van der Waals surface area (Å²) in [6.45, 7) is 13.1. The molecule has 0 aliphatic heterocycles. The SMILES string of the molecule is CC1(O)CCC(n2cnc(CC(CCCCC(=O)OC(C)(C)C)C(=O)OC(C)(C)C)c2)CC1. The summed E-state index contributed by atoms with van der Waals surface area (Å²) in [5.74, 6) is -0.733. The molecular weight excluding hydrogens is 420 g/mol. The number of ether oxygens (including phenoxy) is 2. The summed E-state index contributed by atoms with van der Waals surface area (Å²) in [5, 5.41) is 10.2. The molecule has 33 heavy (non-hydrogen) atoms. The number of aliphatic hydroxyl groups is 1. The van der Waals surface area contributed by atoms with Crippen molar-refractivity contribution in [3.8, 4) is 0 Å². The number of unbranched alkanes of at least 4 members (excludes halogenated alkanes) is 1. The largest absolute Gasteiger partial charge is 0.460 e. The van der Waals surface area contributed by atoms with Gasteiger partial charge in [0.25, 0.3) is 0 Å². The normalized spacial score (nSPS) is 22.6. The maximum absolute atomic E-state index is 12.9. The minimum absolute atomic E-state index is 0.207. The van der Waals surface area contributed by atoms with Crippen LogP contribution in [0.15, 0.2) is 12.5 Å². The zero-order valence-corrected chi connectivity index (χ0v) is 21.6. The number of carbonyl (C=O) groups excluding carboxylic acids is 2. The molecular formula is C26H44N2O5. The smallest absolute Gasteiger partial charge is 0.309 e. The minimum atomic E-state index is -0.568. The van der Waals surface area contributed by atoms with E-state index >= 15 is 0 Å². The predicted octanol–water partition coefficient (Wildman–Crippen LogP) is 5.15. The Morgan fingerprint density at radius 2 is 1.73 bits per heavy atom. The lowest BCUT2D eigenvalue weighted by molar-refractivity contribution is -0.160. The molecule has 1 aromatic heterocycles. The Balaban J connectivity index is 1.95. The number of carbonyl (C=O) groups is 2. The second-order valence-corrected chi connectivity index (χ2v) is 11.8. The van der Waals surface area contributed by atoms with Crippen LogP contribution in [0.25, 0.3) is 0 Å². The lowest BCUT2D eigenvalue weighted by Crippen LogP contribution is -2.31. The summed E-state index contributed by atoms with van der Waals surface area (Å²) in [4.78, 5) is 29.4. The van der Waals surface area contributed by atoms with Crippen molar-refractivity contribution < 1.29 is 24.2 Å². The van der Waals surface area contributed by atoms with Gasteiger partial charge in [-0.3, -0.25) is 9.59 Å². The van der Waals surface area contributed by atoms with Crippen molar-refractivity contribution in [1.82, 2.24) is 9.55 Å². The van der Waals surface area contributed by atoms with E-state index in [0.29, 0.717) is 31.7 Å². The number of hydrogen-bond acceptors (Lipinski definition) is 6. The summed E-state index contributed by atoms with van der Waals surface area (Å²) < 4.78 is 13.2. The molecule has 7 heteroatoms. The van der Waals surface area contributed by atoms with Crippen LogP contribution in [0.2, 0.25) is 0 Å². The first-order chi connectivity index (χ1) is 15.1. The van der Waals surface area contributed by atoms with Crippen molar-refractivity contribution in [1.29, 1.82) is 0 Å². The highest BCUT2D eigenvalue weighted by Gasteiger charge is 2.30. The molecule has 1 N–H and O–H groups in total. The number of esters is 2. The van der Waals surface area contributed by atoms with E-state index in [1.807, 2.05) is 61.0 Å². The quantitative estimate of drug-likeness (QED) is 0.401. The molecule has 1 heterocycles. The fraction of sp³-hybridized carbons (Fsp3) is 0.808. The molecule has 0 spiro atoms. The number of hydrogen-bond donors (Lipinski definition) is 1. The molecule has 0 aromatic carbocycles. The van der Waals surface area contributed by atoms with E-state index in [4.69, 9.17) is 9.47 Å². The molecule has 188 valence electrons. The van der Waals surface area contributed by atoms with Gasteiger partial charge in [-0.2, -0.15) is 0 Å². The molecule has 0 bridgehead atoms. The fourth-order valence-electron chi connectivity index (χ4n) is 4.20. The molecule has 1 aliphatic carbocycles. The molecule has 1 fully saturated rings. The Kier molecular flexibility index (Phi) is 9.14. The van der Waals surface area contributed by atoms with Crippen LogP contribution in [0.4, 0.5) is 0 Å². The first kappa shape index (κ1) is 27.4. The summed E-state index contributed by atoms with van der Waals surface area (Å²) in [6, 6.07) is 0.334. The minimum Gasteiger partial charge on any atom is -0.460 e. The monoisotopic (exact) mass is 464 g/mol. The number of aromatic nitrogens is 2. The second kappa shape index (κ2) is 11.0.